The first-order valence-corrected chi connectivity index (χ1v) is 9.13. The van der Waals surface area contributed by atoms with E-state index >= 15 is 0 Å². The van der Waals surface area contributed by atoms with Gasteiger partial charge in [-0.2, -0.15) is 0 Å². The molecular weight excluding hydrogens is 391 g/mol. The molecule has 0 aliphatic carbocycles. The first kappa shape index (κ1) is 19.2. The van der Waals surface area contributed by atoms with Gasteiger partial charge in [0.15, 0.2) is 10.3 Å². The van der Waals surface area contributed by atoms with Crippen LogP contribution in [-0.2, 0) is 0 Å². The van der Waals surface area contributed by atoms with E-state index in [1.54, 1.807) is 46.5 Å². The largest absolute Gasteiger partial charge is 0.323 e. The molecule has 1 fully saturated rings. The molecule has 2 N–H and O–H groups in total. The van der Waals surface area contributed by atoms with Crippen molar-refractivity contribution in [2.45, 2.75) is 6.42 Å². The van der Waals surface area contributed by atoms with Crippen LogP contribution in [0.5, 0.6) is 0 Å². The zero-order valence-electron chi connectivity index (χ0n) is 14.4. The fourth-order valence-corrected chi connectivity index (χ4v) is 3.00. The number of hydrogen-bond acceptors (Lipinski definition) is 4. The normalized spacial score (nSPS) is 14.4. The van der Waals surface area contributed by atoms with Crippen molar-refractivity contribution in [3.05, 3.63) is 47.0 Å². The topological polar surface area (TPSA) is 90.5 Å². The van der Waals surface area contributed by atoms with E-state index < -0.39 is 0 Å². The van der Waals surface area contributed by atoms with Crippen LogP contribution in [0.2, 0.25) is 10.3 Å². The second kappa shape index (κ2) is 8.88. The van der Waals surface area contributed by atoms with E-state index in [0.717, 1.165) is 0 Å². The maximum Gasteiger partial charge on any atom is 0.321 e. The zero-order valence-corrected chi connectivity index (χ0v) is 15.9. The van der Waals surface area contributed by atoms with Crippen molar-refractivity contribution >= 4 is 46.6 Å². The lowest BCUT2D eigenvalue weighted by Crippen LogP contribution is -2.40. The van der Waals surface area contributed by atoms with Crippen molar-refractivity contribution in [3.63, 3.8) is 0 Å². The second-order valence-corrected chi connectivity index (χ2v) is 6.59. The van der Waals surface area contributed by atoms with Crippen LogP contribution >= 0.6 is 23.2 Å². The highest BCUT2D eigenvalue weighted by molar-refractivity contribution is 6.32. The summed E-state index contributed by atoms with van der Waals surface area (Å²) in [5.41, 5.74) is 0.906. The van der Waals surface area contributed by atoms with Gasteiger partial charge in [-0.15, -0.1) is 0 Å². The summed E-state index contributed by atoms with van der Waals surface area (Å²) < 4.78 is 0. The Balaban J connectivity index is 1.57. The molecule has 2 aromatic heterocycles. The van der Waals surface area contributed by atoms with Gasteiger partial charge in [0.05, 0.1) is 11.4 Å². The highest BCUT2D eigenvalue weighted by Gasteiger charge is 2.23. The van der Waals surface area contributed by atoms with Crippen molar-refractivity contribution < 1.29 is 9.59 Å². The molecule has 0 atom stereocenters. The molecule has 2 aromatic rings. The number of halogens is 2. The van der Waals surface area contributed by atoms with Gasteiger partial charge in [-0.05, 0) is 30.7 Å². The lowest BCUT2D eigenvalue weighted by molar-refractivity contribution is 0.205. The Bertz CT molecular complexity index is 767. The van der Waals surface area contributed by atoms with Crippen molar-refractivity contribution in [3.8, 4) is 0 Å². The molecule has 0 radical (unpaired) electrons. The fourth-order valence-electron chi connectivity index (χ4n) is 2.67. The van der Waals surface area contributed by atoms with Crippen molar-refractivity contribution in [2.24, 2.45) is 0 Å². The highest BCUT2D eigenvalue weighted by atomic mass is 35.5. The average molecular weight is 409 g/mol. The van der Waals surface area contributed by atoms with E-state index in [1.165, 1.54) is 0 Å². The Morgan fingerprint density at radius 3 is 1.67 bits per heavy atom. The Morgan fingerprint density at radius 2 is 1.26 bits per heavy atom. The lowest BCUT2D eigenvalue weighted by atomic mass is 10.4. The molecule has 10 heteroatoms. The van der Waals surface area contributed by atoms with Gasteiger partial charge in [0.2, 0.25) is 0 Å². The van der Waals surface area contributed by atoms with Gasteiger partial charge >= 0.3 is 12.1 Å². The lowest BCUT2D eigenvalue weighted by Gasteiger charge is -2.23. The van der Waals surface area contributed by atoms with Crippen LogP contribution in [0.4, 0.5) is 21.0 Å². The molecule has 3 heterocycles. The summed E-state index contributed by atoms with van der Waals surface area (Å²) >= 11 is 11.9. The minimum Gasteiger partial charge on any atom is -0.323 e. The number of anilines is 2. The van der Waals surface area contributed by atoms with Crippen LogP contribution in [0, 0.1) is 0 Å². The SMILES string of the molecule is O=C(Nc1cccnc1Cl)N1CCCN(C(=O)Nc2cccnc2Cl)CC1. The molecule has 1 aliphatic heterocycles. The molecule has 1 aliphatic rings. The third-order valence-corrected chi connectivity index (χ3v) is 4.67. The minimum absolute atomic E-state index is 0.232. The first-order valence-electron chi connectivity index (χ1n) is 8.37. The zero-order chi connectivity index (χ0) is 19.2. The molecule has 4 amide bonds. The summed E-state index contributed by atoms with van der Waals surface area (Å²) in [5, 5.41) is 5.96. The number of nitrogens with one attached hydrogen (secondary N) is 2. The van der Waals surface area contributed by atoms with Crippen LogP contribution in [0.25, 0.3) is 0 Å². The van der Waals surface area contributed by atoms with Crippen LogP contribution in [0.3, 0.4) is 0 Å². The number of aromatic nitrogens is 2. The molecule has 0 bridgehead atoms. The predicted octanol–water partition coefficient (Wildman–Crippen LogP) is 3.56. The van der Waals surface area contributed by atoms with E-state index in [1.807, 2.05) is 0 Å². The van der Waals surface area contributed by atoms with Gasteiger partial charge in [0.1, 0.15) is 0 Å². The number of pyridine rings is 2. The molecule has 3 rings (SSSR count). The van der Waals surface area contributed by atoms with E-state index in [2.05, 4.69) is 20.6 Å². The summed E-state index contributed by atoms with van der Waals surface area (Å²) in [5.74, 6) is 0. The maximum atomic E-state index is 12.5. The summed E-state index contributed by atoms with van der Waals surface area (Å²) in [7, 11) is 0. The molecule has 0 spiro atoms. The van der Waals surface area contributed by atoms with Gasteiger partial charge < -0.3 is 20.4 Å². The Kier molecular flexibility index (Phi) is 6.31. The van der Waals surface area contributed by atoms with Gasteiger partial charge in [-0.25, -0.2) is 19.6 Å². The van der Waals surface area contributed by atoms with Crippen LogP contribution in [0.1, 0.15) is 6.42 Å². The molecule has 0 saturated carbocycles. The molecule has 142 valence electrons. The van der Waals surface area contributed by atoms with Gasteiger partial charge in [-0.1, -0.05) is 23.2 Å². The minimum atomic E-state index is -0.275. The maximum absolute atomic E-state index is 12.5. The van der Waals surface area contributed by atoms with Crippen LogP contribution in [0.15, 0.2) is 36.7 Å². The number of carbonyl (C=O) groups excluding carboxylic acids is 2. The van der Waals surface area contributed by atoms with Crippen molar-refractivity contribution in [1.29, 1.82) is 0 Å². The number of urea groups is 2. The molecular formula is C17H18Cl2N6O2. The molecule has 8 nitrogen and oxygen atoms in total. The predicted molar refractivity (Wildman–Crippen MR) is 104 cm³/mol. The summed E-state index contributed by atoms with van der Waals surface area (Å²) in [6.45, 7) is 1.86. The Morgan fingerprint density at radius 1 is 0.815 bits per heavy atom. The van der Waals surface area contributed by atoms with E-state index in [9.17, 15) is 9.59 Å². The number of hydrogen-bond donors (Lipinski definition) is 2. The van der Waals surface area contributed by atoms with Gasteiger partial charge in [-0.3, -0.25) is 0 Å². The van der Waals surface area contributed by atoms with E-state index in [0.29, 0.717) is 44.0 Å². The number of carbonyl (C=O) groups is 2. The Labute approximate surface area is 166 Å². The number of amides is 4. The summed E-state index contributed by atoms with van der Waals surface area (Å²) in [4.78, 5) is 36.1. The smallest absolute Gasteiger partial charge is 0.321 e. The van der Waals surface area contributed by atoms with E-state index in [-0.39, 0.29) is 22.4 Å². The fraction of sp³-hybridized carbons (Fsp3) is 0.294. The average Bonchev–Trinajstić information content (AvgIpc) is 2.92. The standard InChI is InChI=1S/C17H18Cl2N6O2/c18-14-12(4-1-6-20-14)22-16(26)24-8-3-9-25(11-10-24)17(27)23-13-5-2-7-21-15(13)19/h1-2,4-7H,3,8-11H2,(H,22,26)(H,23,27). The van der Waals surface area contributed by atoms with Gasteiger partial charge in [0, 0.05) is 38.6 Å². The summed E-state index contributed by atoms with van der Waals surface area (Å²) in [6.07, 6.45) is 3.76. The molecule has 0 aromatic carbocycles. The highest BCUT2D eigenvalue weighted by Crippen LogP contribution is 2.20. The first-order chi connectivity index (χ1) is 13.0. The molecule has 1 saturated heterocycles. The van der Waals surface area contributed by atoms with E-state index in [4.69, 9.17) is 23.2 Å². The third kappa shape index (κ3) is 4.99. The van der Waals surface area contributed by atoms with Crippen LogP contribution in [-0.4, -0.2) is 58.0 Å². The van der Waals surface area contributed by atoms with Gasteiger partial charge in [0.25, 0.3) is 0 Å². The number of rotatable bonds is 2. The number of nitrogens with zero attached hydrogens (tertiary/aromatic N) is 4. The third-order valence-electron chi connectivity index (χ3n) is 4.07. The summed E-state index contributed by atoms with van der Waals surface area (Å²) in [6, 6.07) is 6.20. The molecule has 27 heavy (non-hydrogen) atoms. The van der Waals surface area contributed by atoms with Crippen LogP contribution < -0.4 is 10.6 Å². The molecule has 0 unspecified atom stereocenters. The second-order valence-electron chi connectivity index (χ2n) is 5.87. The van der Waals surface area contributed by atoms with Crippen molar-refractivity contribution in [1.82, 2.24) is 19.8 Å². The Hall–Kier alpha value is -2.58. The van der Waals surface area contributed by atoms with Crippen molar-refractivity contribution in [2.75, 3.05) is 36.8 Å². The monoisotopic (exact) mass is 408 g/mol. The quantitative estimate of drug-likeness (QED) is 0.743.